The Hall–Kier alpha value is -3.95. The maximum absolute atomic E-state index is 13.9. The van der Waals surface area contributed by atoms with E-state index in [-0.39, 0.29) is 23.3 Å². The first kappa shape index (κ1) is 28.6. The molecule has 0 aliphatic carbocycles. The van der Waals surface area contributed by atoms with Crippen molar-refractivity contribution in [3.8, 4) is 16.8 Å². The molecule has 1 unspecified atom stereocenters. The quantitative estimate of drug-likeness (QED) is 0.149. The van der Waals surface area contributed by atoms with Crippen LogP contribution in [0.1, 0.15) is 39.0 Å². The van der Waals surface area contributed by atoms with Gasteiger partial charge in [-0.1, -0.05) is 67.9 Å². The number of anilines is 1. The van der Waals surface area contributed by atoms with Crippen LogP contribution < -0.4 is 21.9 Å². The number of benzene rings is 3. The molecule has 3 aromatic carbocycles. The number of aromatic nitrogens is 2. The first-order valence-corrected chi connectivity index (χ1v) is 15.0. The van der Waals surface area contributed by atoms with Crippen LogP contribution >= 0.6 is 11.8 Å². The second kappa shape index (κ2) is 13.1. The zero-order chi connectivity index (χ0) is 28.8. The number of nitrogens with two attached hydrogens (primary N) is 1. The Morgan fingerprint density at radius 3 is 2.54 bits per heavy atom. The van der Waals surface area contributed by atoms with E-state index < -0.39 is 5.25 Å². The Labute approximate surface area is 243 Å². The van der Waals surface area contributed by atoms with Crippen LogP contribution in [0.3, 0.4) is 0 Å². The Morgan fingerprint density at radius 2 is 1.78 bits per heavy atom. The highest BCUT2D eigenvalue weighted by Gasteiger charge is 2.28. The van der Waals surface area contributed by atoms with Gasteiger partial charge in [0.05, 0.1) is 21.8 Å². The molecule has 1 aliphatic heterocycles. The van der Waals surface area contributed by atoms with Crippen molar-refractivity contribution in [1.82, 2.24) is 20.2 Å². The number of hydrogen-bond donors (Lipinski definition) is 3. The van der Waals surface area contributed by atoms with Crippen molar-refractivity contribution >= 4 is 40.2 Å². The van der Waals surface area contributed by atoms with Crippen molar-refractivity contribution in [2.24, 2.45) is 5.92 Å². The van der Waals surface area contributed by atoms with E-state index in [1.165, 1.54) is 11.8 Å². The SMILES string of the molecule is CCCCC(Sc1nc2ccccc2c(=O)n1-c1cccc(-c2cccc(N)c2)c1)C(=O)NC(=O)C1CCNCC1. The van der Waals surface area contributed by atoms with Crippen molar-refractivity contribution in [1.29, 1.82) is 0 Å². The summed E-state index contributed by atoms with van der Waals surface area (Å²) >= 11 is 1.24. The lowest BCUT2D eigenvalue weighted by Crippen LogP contribution is -2.44. The van der Waals surface area contributed by atoms with E-state index in [1.807, 2.05) is 60.7 Å². The van der Waals surface area contributed by atoms with Gasteiger partial charge in [0, 0.05) is 11.6 Å². The van der Waals surface area contributed by atoms with Gasteiger partial charge in [-0.2, -0.15) is 0 Å². The summed E-state index contributed by atoms with van der Waals surface area (Å²) in [6.45, 7) is 3.59. The van der Waals surface area contributed by atoms with Gasteiger partial charge in [0.1, 0.15) is 0 Å². The Bertz CT molecular complexity index is 1610. The number of nitrogens with one attached hydrogen (secondary N) is 2. The number of imide groups is 1. The molecule has 0 bridgehead atoms. The number of rotatable bonds is 9. The van der Waals surface area contributed by atoms with E-state index in [1.54, 1.807) is 16.7 Å². The first-order valence-electron chi connectivity index (χ1n) is 14.1. The van der Waals surface area contributed by atoms with Gasteiger partial charge >= 0.3 is 0 Å². The molecular weight excluding hydrogens is 534 g/mol. The van der Waals surface area contributed by atoms with Gasteiger partial charge in [-0.3, -0.25) is 24.3 Å². The lowest BCUT2D eigenvalue weighted by Gasteiger charge is -2.23. The Kier molecular flexibility index (Phi) is 9.16. The third kappa shape index (κ3) is 6.69. The van der Waals surface area contributed by atoms with E-state index in [2.05, 4.69) is 17.6 Å². The third-order valence-corrected chi connectivity index (χ3v) is 8.60. The summed E-state index contributed by atoms with van der Waals surface area (Å²) in [5.41, 5.74) is 9.48. The standard InChI is InChI=1S/C32H35N5O3S/c1-2-3-14-28(30(39)36-29(38)21-15-17-34-18-16-21)41-32-35-27-13-5-4-12-26(27)31(40)37(32)25-11-7-9-23(20-25)22-8-6-10-24(33)19-22/h4-13,19-21,28,34H,2-3,14-18,33H2,1H3,(H,36,38,39). The fraction of sp³-hybridized carbons (Fsp3) is 0.312. The molecule has 4 N–H and O–H groups in total. The molecule has 1 aliphatic rings. The molecule has 8 nitrogen and oxygen atoms in total. The zero-order valence-corrected chi connectivity index (χ0v) is 24.0. The van der Waals surface area contributed by atoms with Crippen LogP contribution in [0.2, 0.25) is 0 Å². The van der Waals surface area contributed by atoms with E-state index in [0.29, 0.717) is 46.7 Å². The average molecular weight is 570 g/mol. The number of nitrogen functional groups attached to an aromatic ring is 1. The summed E-state index contributed by atoms with van der Waals surface area (Å²) < 4.78 is 1.57. The van der Waals surface area contributed by atoms with Crippen LogP contribution in [0.5, 0.6) is 0 Å². The van der Waals surface area contributed by atoms with E-state index in [0.717, 1.165) is 37.1 Å². The number of piperidine rings is 1. The Morgan fingerprint density at radius 1 is 1.05 bits per heavy atom. The molecule has 212 valence electrons. The first-order chi connectivity index (χ1) is 19.9. The maximum Gasteiger partial charge on any atom is 0.266 e. The molecule has 1 saturated heterocycles. The number of nitrogens with zero attached hydrogens (tertiary/aromatic N) is 2. The summed E-state index contributed by atoms with van der Waals surface area (Å²) in [5, 5.41) is 6.23. The lowest BCUT2D eigenvalue weighted by atomic mass is 9.97. The number of carbonyl (C=O) groups excluding carboxylic acids is 2. The molecule has 0 radical (unpaired) electrons. The monoisotopic (exact) mass is 569 g/mol. The highest BCUT2D eigenvalue weighted by molar-refractivity contribution is 8.00. The van der Waals surface area contributed by atoms with Gasteiger partial charge < -0.3 is 11.1 Å². The van der Waals surface area contributed by atoms with Gasteiger partial charge in [0.15, 0.2) is 5.16 Å². The average Bonchev–Trinajstić information content (AvgIpc) is 3.00. The summed E-state index contributed by atoms with van der Waals surface area (Å²) in [6.07, 6.45) is 3.67. The normalized spacial score (nSPS) is 14.6. The second-order valence-electron chi connectivity index (χ2n) is 10.4. The van der Waals surface area contributed by atoms with Gasteiger partial charge in [-0.05, 0) is 79.9 Å². The van der Waals surface area contributed by atoms with E-state index >= 15 is 0 Å². The molecule has 2 heterocycles. The maximum atomic E-state index is 13.9. The predicted octanol–water partition coefficient (Wildman–Crippen LogP) is 4.93. The molecule has 5 rings (SSSR count). The number of carbonyl (C=O) groups is 2. The van der Waals surface area contributed by atoms with Crippen molar-refractivity contribution < 1.29 is 9.59 Å². The van der Waals surface area contributed by atoms with E-state index in [9.17, 15) is 14.4 Å². The minimum absolute atomic E-state index is 0.177. The van der Waals surface area contributed by atoms with Crippen molar-refractivity contribution in [3.05, 3.63) is 83.2 Å². The number of para-hydroxylation sites is 1. The topological polar surface area (TPSA) is 119 Å². The highest BCUT2D eigenvalue weighted by atomic mass is 32.2. The second-order valence-corrected chi connectivity index (χ2v) is 11.5. The summed E-state index contributed by atoms with van der Waals surface area (Å²) in [7, 11) is 0. The molecule has 2 amide bonds. The highest BCUT2D eigenvalue weighted by Crippen LogP contribution is 2.30. The van der Waals surface area contributed by atoms with Crippen LogP contribution in [0.4, 0.5) is 5.69 Å². The Balaban J connectivity index is 1.54. The smallest absolute Gasteiger partial charge is 0.266 e. The number of thioether (sulfide) groups is 1. The summed E-state index contributed by atoms with van der Waals surface area (Å²) in [5.74, 6) is -0.740. The third-order valence-electron chi connectivity index (χ3n) is 7.39. The van der Waals surface area contributed by atoms with E-state index in [4.69, 9.17) is 10.7 Å². The molecule has 4 aromatic rings. The number of unbranched alkanes of at least 4 members (excludes halogenated alkanes) is 1. The molecule has 1 aromatic heterocycles. The molecule has 0 saturated carbocycles. The largest absolute Gasteiger partial charge is 0.399 e. The van der Waals surface area contributed by atoms with Crippen molar-refractivity contribution in [2.75, 3.05) is 18.8 Å². The van der Waals surface area contributed by atoms with Crippen molar-refractivity contribution in [2.45, 2.75) is 49.4 Å². The van der Waals surface area contributed by atoms with Gasteiger partial charge in [-0.15, -0.1) is 0 Å². The van der Waals surface area contributed by atoms with Crippen LogP contribution in [0.25, 0.3) is 27.7 Å². The molecule has 1 atom stereocenters. The van der Waals surface area contributed by atoms with Gasteiger partial charge in [0.25, 0.3) is 5.56 Å². The lowest BCUT2D eigenvalue weighted by molar-refractivity contribution is -0.133. The molecule has 41 heavy (non-hydrogen) atoms. The molecule has 0 spiro atoms. The van der Waals surface area contributed by atoms with Crippen LogP contribution in [0, 0.1) is 5.92 Å². The molecule has 9 heteroatoms. The van der Waals surface area contributed by atoms with Gasteiger partial charge in [0.2, 0.25) is 11.8 Å². The fourth-order valence-electron chi connectivity index (χ4n) is 5.11. The number of fused-ring (bicyclic) bond motifs is 1. The number of amides is 2. The summed E-state index contributed by atoms with van der Waals surface area (Å²) in [6, 6.07) is 22.4. The van der Waals surface area contributed by atoms with Crippen molar-refractivity contribution in [3.63, 3.8) is 0 Å². The van der Waals surface area contributed by atoms with Crippen LogP contribution in [0.15, 0.2) is 82.7 Å². The minimum atomic E-state index is -0.586. The van der Waals surface area contributed by atoms with Gasteiger partial charge in [-0.25, -0.2) is 4.98 Å². The minimum Gasteiger partial charge on any atom is -0.399 e. The predicted molar refractivity (Wildman–Crippen MR) is 165 cm³/mol. The summed E-state index contributed by atoms with van der Waals surface area (Å²) in [4.78, 5) is 45.2. The molecular formula is C32H35N5O3S. The van der Waals surface area contributed by atoms with Crippen LogP contribution in [-0.2, 0) is 9.59 Å². The number of hydrogen-bond acceptors (Lipinski definition) is 7. The zero-order valence-electron chi connectivity index (χ0n) is 23.1. The fourth-order valence-corrected chi connectivity index (χ4v) is 6.26. The molecule has 1 fully saturated rings. The van der Waals surface area contributed by atoms with Crippen LogP contribution in [-0.4, -0.2) is 39.7 Å².